The topological polar surface area (TPSA) is 66.5 Å². The molecule has 124 valence electrons. The van der Waals surface area contributed by atoms with Crippen LogP contribution in [0, 0.1) is 34.5 Å². The van der Waals surface area contributed by atoms with E-state index in [1.165, 1.54) is 12.8 Å². The second-order valence-electron chi connectivity index (χ2n) is 9.08. The van der Waals surface area contributed by atoms with Gasteiger partial charge in [0.05, 0.1) is 12.2 Å². The van der Waals surface area contributed by atoms with Crippen LogP contribution in [0.1, 0.15) is 58.8 Å². The van der Waals surface area contributed by atoms with Crippen molar-refractivity contribution in [3.05, 3.63) is 11.8 Å². The Kier molecular flexibility index (Phi) is 3.23. The number of rotatable bonds is 0. The van der Waals surface area contributed by atoms with Crippen LogP contribution < -0.4 is 5.73 Å². The molecule has 0 aromatic rings. The summed E-state index contributed by atoms with van der Waals surface area (Å²) >= 11 is 0. The fourth-order valence-corrected chi connectivity index (χ4v) is 6.81. The van der Waals surface area contributed by atoms with Crippen LogP contribution >= 0.6 is 0 Å². The van der Waals surface area contributed by atoms with Gasteiger partial charge in [-0.05, 0) is 74.0 Å². The van der Waals surface area contributed by atoms with Gasteiger partial charge in [0.2, 0.25) is 0 Å². The molecule has 3 unspecified atom stereocenters. The zero-order valence-corrected chi connectivity index (χ0v) is 14.0. The van der Waals surface area contributed by atoms with Crippen molar-refractivity contribution in [1.82, 2.24) is 0 Å². The van der Waals surface area contributed by atoms with Gasteiger partial charge in [0.1, 0.15) is 0 Å². The molecule has 3 saturated carbocycles. The monoisotopic (exact) mass is 305 g/mol. The van der Waals surface area contributed by atoms with Crippen LogP contribution in [0.3, 0.4) is 0 Å². The van der Waals surface area contributed by atoms with E-state index in [2.05, 4.69) is 19.9 Å². The molecule has 0 aromatic heterocycles. The molecule has 0 radical (unpaired) electrons. The molecule has 4 aliphatic rings. The van der Waals surface area contributed by atoms with Gasteiger partial charge >= 0.3 is 0 Å². The molecular formula is C19H31NO2. The summed E-state index contributed by atoms with van der Waals surface area (Å²) < 4.78 is 0. The lowest BCUT2D eigenvalue weighted by Gasteiger charge is -2.61. The maximum Gasteiger partial charge on any atom is 0.0577 e. The summed E-state index contributed by atoms with van der Waals surface area (Å²) in [5.74, 6) is 2.01. The molecule has 0 aliphatic heterocycles. The second kappa shape index (κ2) is 4.73. The van der Waals surface area contributed by atoms with Crippen LogP contribution in [0.25, 0.3) is 0 Å². The Balaban J connectivity index is 1.68. The molecule has 0 heterocycles. The van der Waals surface area contributed by atoms with Crippen LogP contribution in [0.2, 0.25) is 0 Å². The Bertz CT molecular complexity index is 504. The van der Waals surface area contributed by atoms with Crippen molar-refractivity contribution in [3.8, 4) is 0 Å². The van der Waals surface area contributed by atoms with Gasteiger partial charge in [0.25, 0.3) is 0 Å². The summed E-state index contributed by atoms with van der Waals surface area (Å²) in [6.45, 7) is 4.76. The third-order valence-electron chi connectivity index (χ3n) is 8.30. The molecule has 4 rings (SSSR count). The Hall–Kier alpha value is -0.540. The molecule has 0 saturated heterocycles. The maximum atomic E-state index is 10.9. The van der Waals surface area contributed by atoms with Gasteiger partial charge in [-0.1, -0.05) is 19.9 Å². The number of aliphatic hydroxyl groups excluding tert-OH is 2. The highest BCUT2D eigenvalue weighted by atomic mass is 16.3. The summed E-state index contributed by atoms with van der Waals surface area (Å²) in [5.41, 5.74) is 7.80. The summed E-state index contributed by atoms with van der Waals surface area (Å²) in [6, 6.07) is 0. The van der Waals surface area contributed by atoms with E-state index in [0.29, 0.717) is 29.1 Å². The third kappa shape index (κ3) is 1.81. The van der Waals surface area contributed by atoms with Crippen LogP contribution in [0.15, 0.2) is 11.8 Å². The fourth-order valence-electron chi connectivity index (χ4n) is 6.81. The van der Waals surface area contributed by atoms with Gasteiger partial charge in [-0.25, -0.2) is 0 Å². The molecular weight excluding hydrogens is 274 g/mol. The first kappa shape index (κ1) is 15.0. The lowest BCUT2D eigenvalue weighted by Crippen LogP contribution is -2.58. The van der Waals surface area contributed by atoms with E-state index in [4.69, 9.17) is 5.73 Å². The smallest absolute Gasteiger partial charge is 0.0577 e. The Morgan fingerprint density at radius 3 is 2.64 bits per heavy atom. The van der Waals surface area contributed by atoms with Crippen molar-refractivity contribution >= 4 is 0 Å². The predicted octanol–water partition coefficient (Wildman–Crippen LogP) is 2.81. The van der Waals surface area contributed by atoms with Crippen molar-refractivity contribution in [2.75, 3.05) is 0 Å². The van der Waals surface area contributed by atoms with Crippen molar-refractivity contribution in [2.45, 2.75) is 71.0 Å². The van der Waals surface area contributed by atoms with Gasteiger partial charge in [0, 0.05) is 11.1 Å². The van der Waals surface area contributed by atoms with Crippen molar-refractivity contribution in [3.63, 3.8) is 0 Å². The van der Waals surface area contributed by atoms with Gasteiger partial charge in [-0.2, -0.15) is 0 Å². The van der Waals surface area contributed by atoms with E-state index < -0.39 is 0 Å². The van der Waals surface area contributed by atoms with E-state index in [-0.39, 0.29) is 17.6 Å². The van der Waals surface area contributed by atoms with Gasteiger partial charge < -0.3 is 15.9 Å². The largest absolute Gasteiger partial charge is 0.402 e. The Morgan fingerprint density at radius 2 is 1.86 bits per heavy atom. The quantitative estimate of drug-likeness (QED) is 0.645. The molecule has 3 heteroatoms. The minimum atomic E-state index is -0.211. The van der Waals surface area contributed by atoms with Crippen molar-refractivity contribution in [2.24, 2.45) is 40.2 Å². The predicted molar refractivity (Wildman–Crippen MR) is 86.8 cm³/mol. The van der Waals surface area contributed by atoms with E-state index in [1.807, 2.05) is 0 Å². The minimum absolute atomic E-state index is 0.111. The highest BCUT2D eigenvalue weighted by molar-refractivity contribution is 5.23. The van der Waals surface area contributed by atoms with E-state index >= 15 is 0 Å². The van der Waals surface area contributed by atoms with Crippen LogP contribution in [0.4, 0.5) is 0 Å². The number of fused-ring (bicyclic) bond motifs is 5. The molecule has 0 amide bonds. The Labute approximate surface area is 134 Å². The third-order valence-corrected chi connectivity index (χ3v) is 8.30. The first-order valence-electron chi connectivity index (χ1n) is 9.18. The fraction of sp³-hybridized carbons (Fsp3) is 0.895. The molecule has 22 heavy (non-hydrogen) atoms. The van der Waals surface area contributed by atoms with Crippen LogP contribution in [-0.4, -0.2) is 22.4 Å². The molecule has 0 bridgehead atoms. The van der Waals surface area contributed by atoms with Crippen molar-refractivity contribution < 1.29 is 10.2 Å². The van der Waals surface area contributed by atoms with Gasteiger partial charge in [-0.3, -0.25) is 0 Å². The first-order valence-corrected chi connectivity index (χ1v) is 9.18. The van der Waals surface area contributed by atoms with Crippen LogP contribution in [-0.2, 0) is 0 Å². The summed E-state index contributed by atoms with van der Waals surface area (Å²) in [7, 11) is 0. The number of aliphatic hydroxyl groups is 2. The summed E-state index contributed by atoms with van der Waals surface area (Å²) in [4.78, 5) is 0. The number of hydrogen-bond acceptors (Lipinski definition) is 3. The van der Waals surface area contributed by atoms with E-state index in [1.54, 1.807) is 0 Å². The highest BCUT2D eigenvalue weighted by Crippen LogP contribution is 2.65. The Morgan fingerprint density at radius 1 is 1.09 bits per heavy atom. The maximum absolute atomic E-state index is 10.9. The average Bonchev–Trinajstić information content (AvgIpc) is 2.77. The lowest BCUT2D eigenvalue weighted by atomic mass is 9.44. The minimum Gasteiger partial charge on any atom is -0.402 e. The number of hydrogen-bond donors (Lipinski definition) is 3. The van der Waals surface area contributed by atoms with Gasteiger partial charge in [0.15, 0.2) is 0 Å². The first-order chi connectivity index (χ1) is 10.4. The lowest BCUT2D eigenvalue weighted by molar-refractivity contribution is -0.165. The normalized spacial score (nSPS) is 57.5. The SMILES string of the molecule is C[C@]12CCC(O)CC1CC(O)[C@@H]1[C@H]2CC[C@]2(C)C(N)=CC[C@@H]12. The molecule has 0 aromatic carbocycles. The van der Waals surface area contributed by atoms with E-state index in [0.717, 1.165) is 37.8 Å². The van der Waals surface area contributed by atoms with Crippen molar-refractivity contribution in [1.29, 1.82) is 0 Å². The molecule has 3 fully saturated rings. The number of nitrogens with two attached hydrogens (primary N) is 1. The standard InChI is InChI=1S/C19H31NO2/c1-18-7-5-12(21)9-11(18)10-15(22)17-13-3-4-16(20)19(13,2)8-6-14(17)18/h4,11-15,17,21-22H,3,5-10,20H2,1-2H3/t11?,12?,13-,14+,15?,17-,18-,19-/m0/s1. The zero-order valence-electron chi connectivity index (χ0n) is 14.0. The summed E-state index contributed by atoms with van der Waals surface area (Å²) in [6.07, 6.45) is 9.08. The highest BCUT2D eigenvalue weighted by Gasteiger charge is 2.60. The second-order valence-corrected chi connectivity index (χ2v) is 9.08. The van der Waals surface area contributed by atoms with Crippen LogP contribution in [0.5, 0.6) is 0 Å². The van der Waals surface area contributed by atoms with Gasteiger partial charge in [-0.15, -0.1) is 0 Å². The summed E-state index contributed by atoms with van der Waals surface area (Å²) in [5, 5.41) is 21.0. The molecule has 8 atom stereocenters. The number of allylic oxidation sites excluding steroid dienone is 2. The molecule has 0 spiro atoms. The average molecular weight is 305 g/mol. The van der Waals surface area contributed by atoms with E-state index in [9.17, 15) is 10.2 Å². The zero-order chi connectivity index (χ0) is 15.7. The molecule has 4 N–H and O–H groups in total. The molecule has 3 nitrogen and oxygen atoms in total. The molecule has 4 aliphatic carbocycles.